The SMILES string of the molecule is CCN(CCOC)CC(CS)C(C)(C)C. The second-order valence-electron chi connectivity index (χ2n) is 5.13. The molecule has 0 spiro atoms. The zero-order chi connectivity index (χ0) is 11.9. The van der Waals surface area contributed by atoms with Crippen LogP contribution >= 0.6 is 12.6 Å². The van der Waals surface area contributed by atoms with Crippen LogP contribution in [0, 0.1) is 11.3 Å². The number of rotatable bonds is 7. The Hall–Kier alpha value is 0.270. The first-order valence-electron chi connectivity index (χ1n) is 5.77. The molecule has 0 aliphatic carbocycles. The fourth-order valence-electron chi connectivity index (χ4n) is 1.52. The van der Waals surface area contributed by atoms with Crippen molar-refractivity contribution in [3.05, 3.63) is 0 Å². The van der Waals surface area contributed by atoms with Crippen LogP contribution in [-0.2, 0) is 4.74 Å². The van der Waals surface area contributed by atoms with E-state index in [9.17, 15) is 0 Å². The van der Waals surface area contributed by atoms with Gasteiger partial charge in [-0.3, -0.25) is 0 Å². The molecule has 0 aromatic rings. The Balaban J connectivity index is 4.12. The van der Waals surface area contributed by atoms with Crippen molar-refractivity contribution >= 4 is 12.6 Å². The molecule has 0 amide bonds. The molecular weight excluding hydrogens is 206 g/mol. The first-order chi connectivity index (χ1) is 6.95. The molecule has 15 heavy (non-hydrogen) atoms. The number of hydrogen-bond acceptors (Lipinski definition) is 3. The Bertz CT molecular complexity index is 156. The maximum absolute atomic E-state index is 5.11. The van der Waals surface area contributed by atoms with E-state index in [1.807, 2.05) is 0 Å². The molecule has 3 heteroatoms. The van der Waals surface area contributed by atoms with Gasteiger partial charge in [-0.1, -0.05) is 27.7 Å². The lowest BCUT2D eigenvalue weighted by Gasteiger charge is -2.34. The molecule has 0 N–H and O–H groups in total. The van der Waals surface area contributed by atoms with Crippen LogP contribution in [0.4, 0.5) is 0 Å². The van der Waals surface area contributed by atoms with Crippen molar-refractivity contribution in [2.45, 2.75) is 27.7 Å². The summed E-state index contributed by atoms with van der Waals surface area (Å²) in [4.78, 5) is 2.44. The highest BCUT2D eigenvalue weighted by Crippen LogP contribution is 2.27. The van der Waals surface area contributed by atoms with Crippen LogP contribution in [0.5, 0.6) is 0 Å². The highest BCUT2D eigenvalue weighted by molar-refractivity contribution is 7.80. The van der Waals surface area contributed by atoms with Gasteiger partial charge in [0.2, 0.25) is 0 Å². The summed E-state index contributed by atoms with van der Waals surface area (Å²) in [5.41, 5.74) is 0.336. The Morgan fingerprint density at radius 3 is 2.27 bits per heavy atom. The van der Waals surface area contributed by atoms with Crippen LogP contribution in [0.3, 0.4) is 0 Å². The van der Waals surface area contributed by atoms with Crippen LogP contribution in [0.1, 0.15) is 27.7 Å². The lowest BCUT2D eigenvalue weighted by molar-refractivity contribution is 0.120. The van der Waals surface area contributed by atoms with Gasteiger partial charge in [-0.15, -0.1) is 0 Å². The Labute approximate surface area is 101 Å². The smallest absolute Gasteiger partial charge is 0.0589 e. The average Bonchev–Trinajstić information content (AvgIpc) is 2.16. The second kappa shape index (κ2) is 7.53. The van der Waals surface area contributed by atoms with Gasteiger partial charge in [0.25, 0.3) is 0 Å². The summed E-state index contributed by atoms with van der Waals surface area (Å²) in [6.07, 6.45) is 0. The number of hydrogen-bond donors (Lipinski definition) is 1. The molecule has 0 saturated heterocycles. The van der Waals surface area contributed by atoms with Gasteiger partial charge in [-0.25, -0.2) is 0 Å². The molecule has 0 aromatic carbocycles. The Kier molecular flexibility index (Phi) is 7.66. The summed E-state index contributed by atoms with van der Waals surface area (Å²) < 4.78 is 5.11. The van der Waals surface area contributed by atoms with E-state index < -0.39 is 0 Å². The van der Waals surface area contributed by atoms with Crippen LogP contribution in [-0.4, -0.2) is 44.0 Å². The molecule has 0 heterocycles. The molecule has 2 nitrogen and oxygen atoms in total. The molecule has 1 unspecified atom stereocenters. The molecule has 0 aliphatic rings. The van der Waals surface area contributed by atoms with Gasteiger partial charge in [0, 0.05) is 20.2 Å². The molecule has 0 fully saturated rings. The van der Waals surface area contributed by atoms with Gasteiger partial charge < -0.3 is 9.64 Å². The lowest BCUT2D eigenvalue weighted by atomic mass is 9.81. The number of likely N-dealkylation sites (N-methyl/N-ethyl adjacent to an activating group) is 1. The highest BCUT2D eigenvalue weighted by atomic mass is 32.1. The molecule has 92 valence electrons. The molecular formula is C12H27NOS. The maximum Gasteiger partial charge on any atom is 0.0589 e. The summed E-state index contributed by atoms with van der Waals surface area (Å²) in [5.74, 6) is 1.59. The summed E-state index contributed by atoms with van der Waals surface area (Å²) in [6.45, 7) is 13.1. The monoisotopic (exact) mass is 233 g/mol. The third-order valence-electron chi connectivity index (χ3n) is 2.98. The van der Waals surface area contributed by atoms with Gasteiger partial charge in [0.05, 0.1) is 6.61 Å². The van der Waals surface area contributed by atoms with Crippen molar-refractivity contribution in [3.63, 3.8) is 0 Å². The van der Waals surface area contributed by atoms with Gasteiger partial charge in [0.1, 0.15) is 0 Å². The van der Waals surface area contributed by atoms with Crippen LogP contribution in [0.15, 0.2) is 0 Å². The number of methoxy groups -OCH3 is 1. The number of nitrogens with zero attached hydrogens (tertiary/aromatic N) is 1. The molecule has 0 aliphatic heterocycles. The van der Waals surface area contributed by atoms with Gasteiger partial charge in [-0.05, 0) is 23.6 Å². The predicted molar refractivity (Wildman–Crippen MR) is 70.8 cm³/mol. The Morgan fingerprint density at radius 1 is 1.33 bits per heavy atom. The maximum atomic E-state index is 5.11. The van der Waals surface area contributed by atoms with Crippen molar-refractivity contribution in [2.24, 2.45) is 11.3 Å². The summed E-state index contributed by atoms with van der Waals surface area (Å²) in [7, 11) is 1.76. The van der Waals surface area contributed by atoms with Crippen LogP contribution in [0.25, 0.3) is 0 Å². The molecule has 0 bridgehead atoms. The van der Waals surface area contributed by atoms with Crippen molar-refractivity contribution in [1.29, 1.82) is 0 Å². The molecule has 0 radical (unpaired) electrons. The third-order valence-corrected chi connectivity index (χ3v) is 3.42. The van der Waals surface area contributed by atoms with Crippen molar-refractivity contribution in [3.8, 4) is 0 Å². The van der Waals surface area contributed by atoms with E-state index in [1.165, 1.54) is 0 Å². The predicted octanol–water partition coefficient (Wildman–Crippen LogP) is 2.55. The molecule has 0 rings (SSSR count). The van der Waals surface area contributed by atoms with E-state index in [-0.39, 0.29) is 0 Å². The lowest BCUT2D eigenvalue weighted by Crippen LogP contribution is -2.38. The highest BCUT2D eigenvalue weighted by Gasteiger charge is 2.24. The fraction of sp³-hybridized carbons (Fsp3) is 1.00. The van der Waals surface area contributed by atoms with E-state index in [0.29, 0.717) is 11.3 Å². The minimum Gasteiger partial charge on any atom is -0.383 e. The normalized spacial score (nSPS) is 14.6. The zero-order valence-electron chi connectivity index (χ0n) is 10.9. The first kappa shape index (κ1) is 15.3. The number of ether oxygens (including phenoxy) is 1. The van der Waals surface area contributed by atoms with E-state index in [4.69, 9.17) is 4.74 Å². The third kappa shape index (κ3) is 6.44. The quantitative estimate of drug-likeness (QED) is 0.679. The van der Waals surface area contributed by atoms with E-state index in [1.54, 1.807) is 7.11 Å². The fourth-order valence-corrected chi connectivity index (χ4v) is 2.18. The standard InChI is InChI=1S/C12H27NOS/c1-6-13(7-8-14-5)9-11(10-15)12(2,3)4/h11,15H,6-10H2,1-5H3. The van der Waals surface area contributed by atoms with Gasteiger partial charge >= 0.3 is 0 Å². The minimum absolute atomic E-state index is 0.336. The van der Waals surface area contributed by atoms with Gasteiger partial charge in [0.15, 0.2) is 0 Å². The molecule has 0 saturated carbocycles. The second-order valence-corrected chi connectivity index (χ2v) is 5.50. The summed E-state index contributed by atoms with van der Waals surface area (Å²) in [5, 5.41) is 0. The number of thiol groups is 1. The minimum atomic E-state index is 0.336. The van der Waals surface area contributed by atoms with E-state index in [2.05, 4.69) is 45.2 Å². The largest absolute Gasteiger partial charge is 0.383 e. The Morgan fingerprint density at radius 2 is 1.93 bits per heavy atom. The van der Waals surface area contributed by atoms with Crippen molar-refractivity contribution < 1.29 is 4.74 Å². The first-order valence-corrected chi connectivity index (χ1v) is 6.41. The molecule has 1 atom stereocenters. The summed E-state index contributed by atoms with van der Waals surface area (Å²) in [6, 6.07) is 0. The van der Waals surface area contributed by atoms with E-state index >= 15 is 0 Å². The van der Waals surface area contributed by atoms with Gasteiger partial charge in [-0.2, -0.15) is 12.6 Å². The van der Waals surface area contributed by atoms with Crippen molar-refractivity contribution in [2.75, 3.05) is 39.1 Å². The topological polar surface area (TPSA) is 12.5 Å². The molecule has 0 aromatic heterocycles. The van der Waals surface area contributed by atoms with Crippen LogP contribution in [0.2, 0.25) is 0 Å². The average molecular weight is 233 g/mol. The zero-order valence-corrected chi connectivity index (χ0v) is 11.8. The van der Waals surface area contributed by atoms with E-state index in [0.717, 1.165) is 32.0 Å². The van der Waals surface area contributed by atoms with Crippen LogP contribution < -0.4 is 0 Å². The van der Waals surface area contributed by atoms with Crippen molar-refractivity contribution in [1.82, 2.24) is 4.90 Å². The summed E-state index contributed by atoms with van der Waals surface area (Å²) >= 11 is 4.46.